The maximum Gasteiger partial charge on any atom is 0.343 e. The highest BCUT2D eigenvalue weighted by atomic mass is 19.1. The fourth-order valence-electron chi connectivity index (χ4n) is 1.85. The molecule has 20 heavy (non-hydrogen) atoms. The monoisotopic (exact) mass is 275 g/mol. The number of aliphatic hydroxyl groups excluding tert-OH is 1. The van der Waals surface area contributed by atoms with Crippen molar-refractivity contribution in [3.05, 3.63) is 52.7 Å². The Morgan fingerprint density at radius 1 is 1.40 bits per heavy atom. The SMILES string of the molecule is CCOC(=O)C1=C(O)/C(=C\c2ccc(F)cc2)N=C1C. The van der Waals surface area contributed by atoms with E-state index in [2.05, 4.69) is 4.99 Å². The molecule has 0 atom stereocenters. The van der Waals surface area contributed by atoms with Crippen LogP contribution in [0.25, 0.3) is 6.08 Å². The van der Waals surface area contributed by atoms with Crippen molar-refractivity contribution in [3.63, 3.8) is 0 Å². The highest BCUT2D eigenvalue weighted by Crippen LogP contribution is 2.26. The van der Waals surface area contributed by atoms with Gasteiger partial charge in [0.1, 0.15) is 17.1 Å². The molecule has 0 unspecified atom stereocenters. The molecular formula is C15H14FNO3. The van der Waals surface area contributed by atoms with Gasteiger partial charge in [-0.2, -0.15) is 0 Å². The number of aliphatic imine (C=N–C) groups is 1. The molecule has 0 amide bonds. The molecule has 104 valence electrons. The minimum Gasteiger partial charge on any atom is -0.505 e. The molecule has 0 aliphatic carbocycles. The third kappa shape index (κ3) is 2.77. The van der Waals surface area contributed by atoms with Gasteiger partial charge in [0.25, 0.3) is 0 Å². The van der Waals surface area contributed by atoms with Crippen molar-refractivity contribution in [1.82, 2.24) is 0 Å². The van der Waals surface area contributed by atoms with Gasteiger partial charge in [-0.3, -0.25) is 0 Å². The topological polar surface area (TPSA) is 58.9 Å². The molecule has 1 aromatic rings. The summed E-state index contributed by atoms with van der Waals surface area (Å²) < 4.78 is 17.7. The van der Waals surface area contributed by atoms with Crippen LogP contribution >= 0.6 is 0 Å². The first kappa shape index (κ1) is 14.0. The second-order valence-corrected chi connectivity index (χ2v) is 4.22. The van der Waals surface area contributed by atoms with Gasteiger partial charge in [0, 0.05) is 0 Å². The van der Waals surface area contributed by atoms with Crippen molar-refractivity contribution in [2.75, 3.05) is 6.61 Å². The number of hydrogen-bond acceptors (Lipinski definition) is 4. The minimum atomic E-state index is -0.603. The van der Waals surface area contributed by atoms with Crippen LogP contribution in [0.15, 0.2) is 46.3 Å². The molecule has 1 N–H and O–H groups in total. The highest BCUT2D eigenvalue weighted by Gasteiger charge is 2.27. The van der Waals surface area contributed by atoms with Crippen LogP contribution in [-0.4, -0.2) is 23.4 Å². The fraction of sp³-hybridized carbons (Fsp3) is 0.200. The largest absolute Gasteiger partial charge is 0.505 e. The second kappa shape index (κ2) is 5.69. The number of ether oxygens (including phenoxy) is 1. The molecule has 0 bridgehead atoms. The van der Waals surface area contributed by atoms with Gasteiger partial charge in [-0.25, -0.2) is 14.2 Å². The third-order valence-electron chi connectivity index (χ3n) is 2.78. The first-order valence-electron chi connectivity index (χ1n) is 6.16. The maximum atomic E-state index is 12.8. The second-order valence-electron chi connectivity index (χ2n) is 4.22. The Morgan fingerprint density at radius 3 is 2.65 bits per heavy atom. The van der Waals surface area contributed by atoms with E-state index >= 15 is 0 Å². The predicted octanol–water partition coefficient (Wildman–Crippen LogP) is 3.02. The van der Waals surface area contributed by atoms with Gasteiger partial charge < -0.3 is 9.84 Å². The molecule has 1 aromatic carbocycles. The quantitative estimate of drug-likeness (QED) is 0.863. The fourth-order valence-corrected chi connectivity index (χ4v) is 1.85. The standard InChI is InChI=1S/C15H14FNO3/c1-3-20-15(19)13-9(2)17-12(14(13)18)8-10-4-6-11(16)7-5-10/h4-8,18H,3H2,1-2H3/b12-8+. The molecule has 0 spiro atoms. The smallest absolute Gasteiger partial charge is 0.343 e. The van der Waals surface area contributed by atoms with Gasteiger partial charge in [0.15, 0.2) is 5.76 Å². The molecular weight excluding hydrogens is 261 g/mol. The zero-order chi connectivity index (χ0) is 14.7. The molecule has 0 saturated heterocycles. The summed E-state index contributed by atoms with van der Waals surface area (Å²) in [6.07, 6.45) is 1.57. The Labute approximate surface area is 115 Å². The van der Waals surface area contributed by atoms with E-state index in [0.29, 0.717) is 11.3 Å². The highest BCUT2D eigenvalue weighted by molar-refractivity contribution is 6.22. The summed E-state index contributed by atoms with van der Waals surface area (Å²) in [5.74, 6) is -1.16. The van der Waals surface area contributed by atoms with Crippen LogP contribution in [-0.2, 0) is 9.53 Å². The van der Waals surface area contributed by atoms with Crippen LogP contribution in [0.5, 0.6) is 0 Å². The number of halogens is 1. The molecule has 4 nitrogen and oxygen atoms in total. The Kier molecular flexibility index (Phi) is 3.98. The number of carbonyl (C=O) groups is 1. The van der Waals surface area contributed by atoms with Crippen LogP contribution < -0.4 is 0 Å². The number of carbonyl (C=O) groups excluding carboxylic acids is 1. The minimum absolute atomic E-state index is 0.0696. The van der Waals surface area contributed by atoms with Crippen LogP contribution in [0.2, 0.25) is 0 Å². The molecule has 0 saturated carbocycles. The first-order valence-corrected chi connectivity index (χ1v) is 6.16. The molecule has 5 heteroatoms. The zero-order valence-corrected chi connectivity index (χ0v) is 11.2. The lowest BCUT2D eigenvalue weighted by atomic mass is 10.1. The van der Waals surface area contributed by atoms with E-state index < -0.39 is 5.97 Å². The van der Waals surface area contributed by atoms with Crippen LogP contribution in [0.4, 0.5) is 4.39 Å². The van der Waals surface area contributed by atoms with Gasteiger partial charge in [-0.1, -0.05) is 12.1 Å². The van der Waals surface area contributed by atoms with E-state index in [-0.39, 0.29) is 29.5 Å². The van der Waals surface area contributed by atoms with Gasteiger partial charge in [-0.15, -0.1) is 0 Å². The number of nitrogens with zero attached hydrogens (tertiary/aromatic N) is 1. The zero-order valence-electron chi connectivity index (χ0n) is 11.2. The van der Waals surface area contributed by atoms with Crippen molar-refractivity contribution in [2.45, 2.75) is 13.8 Å². The molecule has 0 fully saturated rings. The molecule has 1 aliphatic rings. The van der Waals surface area contributed by atoms with E-state index in [4.69, 9.17) is 4.74 Å². The van der Waals surface area contributed by atoms with Crippen LogP contribution in [0.3, 0.4) is 0 Å². The summed E-state index contributed by atoms with van der Waals surface area (Å²) in [4.78, 5) is 15.8. The molecule has 1 aliphatic heterocycles. The number of benzene rings is 1. The lowest BCUT2D eigenvalue weighted by molar-refractivity contribution is -0.138. The molecule has 1 heterocycles. The third-order valence-corrected chi connectivity index (χ3v) is 2.78. The maximum absolute atomic E-state index is 12.8. The molecule has 2 rings (SSSR count). The number of rotatable bonds is 3. The molecule has 0 radical (unpaired) electrons. The van der Waals surface area contributed by atoms with E-state index in [1.807, 2.05) is 0 Å². The van der Waals surface area contributed by atoms with Gasteiger partial charge in [0.2, 0.25) is 0 Å². The van der Waals surface area contributed by atoms with Crippen LogP contribution in [0.1, 0.15) is 19.4 Å². The van der Waals surface area contributed by atoms with Crippen molar-refractivity contribution in [1.29, 1.82) is 0 Å². The summed E-state index contributed by atoms with van der Waals surface area (Å²) in [7, 11) is 0. The van der Waals surface area contributed by atoms with Gasteiger partial charge >= 0.3 is 5.97 Å². The van der Waals surface area contributed by atoms with Crippen molar-refractivity contribution in [2.24, 2.45) is 4.99 Å². The number of hydrogen-bond donors (Lipinski definition) is 1. The Morgan fingerprint density at radius 2 is 2.05 bits per heavy atom. The number of esters is 1. The summed E-state index contributed by atoms with van der Waals surface area (Å²) >= 11 is 0. The molecule has 0 aromatic heterocycles. The van der Waals surface area contributed by atoms with Gasteiger partial charge in [0.05, 0.1) is 12.3 Å². The van der Waals surface area contributed by atoms with E-state index in [1.165, 1.54) is 12.1 Å². The summed E-state index contributed by atoms with van der Waals surface area (Å²) in [5, 5.41) is 10.1. The van der Waals surface area contributed by atoms with E-state index in [1.54, 1.807) is 32.1 Å². The average Bonchev–Trinajstić information content (AvgIpc) is 2.67. The lowest BCUT2D eigenvalue weighted by Gasteiger charge is -2.02. The average molecular weight is 275 g/mol. The van der Waals surface area contributed by atoms with Gasteiger partial charge in [-0.05, 0) is 37.6 Å². The predicted molar refractivity (Wildman–Crippen MR) is 73.8 cm³/mol. The Bertz CT molecular complexity index is 627. The van der Waals surface area contributed by atoms with Crippen molar-refractivity contribution in [3.8, 4) is 0 Å². The summed E-state index contributed by atoms with van der Waals surface area (Å²) in [5.41, 5.74) is 1.40. The Balaban J connectivity index is 2.35. The summed E-state index contributed by atoms with van der Waals surface area (Å²) in [6, 6.07) is 5.74. The van der Waals surface area contributed by atoms with Crippen LogP contribution in [0, 0.1) is 5.82 Å². The number of aliphatic hydroxyl groups is 1. The van der Waals surface area contributed by atoms with E-state index in [0.717, 1.165) is 0 Å². The van der Waals surface area contributed by atoms with E-state index in [9.17, 15) is 14.3 Å². The first-order chi connectivity index (χ1) is 9.52. The van der Waals surface area contributed by atoms with Crippen molar-refractivity contribution >= 4 is 17.8 Å². The lowest BCUT2D eigenvalue weighted by Crippen LogP contribution is -2.13. The Hall–Kier alpha value is -2.43. The summed E-state index contributed by atoms with van der Waals surface area (Å²) in [6.45, 7) is 3.53. The normalized spacial score (nSPS) is 16.6. The van der Waals surface area contributed by atoms with Crippen molar-refractivity contribution < 1.29 is 19.0 Å².